The van der Waals surface area contributed by atoms with E-state index in [0.29, 0.717) is 5.56 Å². The summed E-state index contributed by atoms with van der Waals surface area (Å²) in [6.07, 6.45) is 0. The Morgan fingerprint density at radius 1 is 0.938 bits per heavy atom. The van der Waals surface area contributed by atoms with Crippen molar-refractivity contribution in [2.24, 2.45) is 0 Å². The molecule has 82 valence electrons. The number of hydrogen-bond acceptors (Lipinski definition) is 1. The van der Waals surface area contributed by atoms with Crippen molar-refractivity contribution in [2.75, 3.05) is 0 Å². The van der Waals surface area contributed by atoms with E-state index in [9.17, 15) is 13.9 Å². The molecule has 2 rings (SSSR count). The molecule has 0 fully saturated rings. The molecule has 2 aromatic carbocycles. The zero-order chi connectivity index (χ0) is 11.7. The van der Waals surface area contributed by atoms with E-state index in [-0.39, 0.29) is 15.8 Å². The fourth-order valence-electron chi connectivity index (χ4n) is 1.43. The van der Waals surface area contributed by atoms with Crippen LogP contribution in [0.25, 0.3) is 11.1 Å². The molecule has 0 saturated carbocycles. The molecule has 1 N–H and O–H groups in total. The summed E-state index contributed by atoms with van der Waals surface area (Å²) < 4.78 is 26.7. The monoisotopic (exact) mass is 284 g/mol. The van der Waals surface area contributed by atoms with E-state index < -0.39 is 11.6 Å². The van der Waals surface area contributed by atoms with Crippen molar-refractivity contribution in [3.8, 4) is 16.9 Å². The first-order valence-electron chi connectivity index (χ1n) is 4.52. The van der Waals surface area contributed by atoms with E-state index in [4.69, 9.17) is 0 Å². The van der Waals surface area contributed by atoms with Gasteiger partial charge in [0.15, 0.2) is 0 Å². The summed E-state index contributed by atoms with van der Waals surface area (Å²) in [6.45, 7) is 0. The minimum atomic E-state index is -0.706. The van der Waals surface area contributed by atoms with Crippen LogP contribution in [0.2, 0.25) is 0 Å². The minimum absolute atomic E-state index is 0.0418. The van der Waals surface area contributed by atoms with Crippen LogP contribution in [-0.2, 0) is 0 Å². The molecule has 0 spiro atoms. The largest absolute Gasteiger partial charge is 0.507 e. The van der Waals surface area contributed by atoms with Crippen LogP contribution in [0.1, 0.15) is 0 Å². The van der Waals surface area contributed by atoms with Crippen molar-refractivity contribution >= 4 is 15.9 Å². The molecule has 0 radical (unpaired) electrons. The van der Waals surface area contributed by atoms with Crippen LogP contribution in [0.5, 0.6) is 5.75 Å². The Balaban J connectivity index is 2.65. The SMILES string of the molecule is Oc1ccccc1-c1cc(Br)c(F)cc1F. The summed E-state index contributed by atoms with van der Waals surface area (Å²) in [5, 5.41) is 9.57. The van der Waals surface area contributed by atoms with Gasteiger partial charge in [0, 0.05) is 17.2 Å². The smallest absolute Gasteiger partial charge is 0.140 e. The standard InChI is InChI=1S/C12H7BrF2O/c13-9-5-8(10(14)6-11(9)15)7-3-1-2-4-12(7)16/h1-6,16H. The highest BCUT2D eigenvalue weighted by molar-refractivity contribution is 9.10. The van der Waals surface area contributed by atoms with Crippen molar-refractivity contribution in [3.05, 3.63) is 52.5 Å². The summed E-state index contributed by atoms with van der Waals surface area (Å²) >= 11 is 2.98. The number of rotatable bonds is 1. The number of hydrogen-bond donors (Lipinski definition) is 1. The predicted molar refractivity (Wildman–Crippen MR) is 61.2 cm³/mol. The van der Waals surface area contributed by atoms with E-state index in [1.165, 1.54) is 12.1 Å². The molecule has 0 saturated heterocycles. The molecule has 0 aliphatic heterocycles. The third kappa shape index (κ3) is 1.93. The molecule has 0 amide bonds. The highest BCUT2D eigenvalue weighted by atomic mass is 79.9. The summed E-state index contributed by atoms with van der Waals surface area (Å²) in [5.74, 6) is -1.42. The molecule has 0 heterocycles. The Morgan fingerprint density at radius 2 is 1.62 bits per heavy atom. The van der Waals surface area contributed by atoms with Gasteiger partial charge in [-0.3, -0.25) is 0 Å². The summed E-state index contributed by atoms with van der Waals surface area (Å²) in [6, 6.07) is 8.41. The second-order valence-electron chi connectivity index (χ2n) is 3.26. The minimum Gasteiger partial charge on any atom is -0.507 e. The molecule has 0 aliphatic carbocycles. The lowest BCUT2D eigenvalue weighted by Gasteiger charge is -2.07. The van der Waals surface area contributed by atoms with E-state index >= 15 is 0 Å². The summed E-state index contributed by atoms with van der Waals surface area (Å²) in [4.78, 5) is 0. The molecule has 16 heavy (non-hydrogen) atoms. The van der Waals surface area contributed by atoms with Gasteiger partial charge in [0.2, 0.25) is 0 Å². The van der Waals surface area contributed by atoms with Gasteiger partial charge >= 0.3 is 0 Å². The average molecular weight is 285 g/mol. The van der Waals surface area contributed by atoms with Gasteiger partial charge in [-0.25, -0.2) is 8.78 Å². The van der Waals surface area contributed by atoms with Crippen molar-refractivity contribution in [3.63, 3.8) is 0 Å². The molecular weight excluding hydrogens is 278 g/mol. The molecule has 0 aliphatic rings. The fraction of sp³-hybridized carbons (Fsp3) is 0. The van der Waals surface area contributed by atoms with Crippen LogP contribution >= 0.6 is 15.9 Å². The van der Waals surface area contributed by atoms with Crippen LogP contribution in [-0.4, -0.2) is 5.11 Å². The predicted octanol–water partition coefficient (Wildman–Crippen LogP) is 4.10. The highest BCUT2D eigenvalue weighted by Gasteiger charge is 2.12. The van der Waals surface area contributed by atoms with Crippen molar-refractivity contribution in [2.45, 2.75) is 0 Å². The van der Waals surface area contributed by atoms with Crippen LogP contribution < -0.4 is 0 Å². The first kappa shape index (κ1) is 11.1. The second kappa shape index (κ2) is 4.22. The second-order valence-corrected chi connectivity index (χ2v) is 4.12. The maximum atomic E-state index is 13.5. The van der Waals surface area contributed by atoms with Crippen molar-refractivity contribution in [1.29, 1.82) is 0 Å². The maximum absolute atomic E-state index is 13.5. The zero-order valence-electron chi connectivity index (χ0n) is 8.05. The first-order valence-corrected chi connectivity index (χ1v) is 5.32. The van der Waals surface area contributed by atoms with Gasteiger partial charge < -0.3 is 5.11 Å². The third-order valence-electron chi connectivity index (χ3n) is 2.20. The van der Waals surface area contributed by atoms with E-state index in [1.54, 1.807) is 18.2 Å². The lowest BCUT2D eigenvalue weighted by atomic mass is 10.0. The molecule has 0 aromatic heterocycles. The van der Waals surface area contributed by atoms with Gasteiger partial charge in [0.05, 0.1) is 4.47 Å². The molecule has 0 unspecified atom stereocenters. The quantitative estimate of drug-likeness (QED) is 0.782. The number of aromatic hydroxyl groups is 1. The van der Waals surface area contributed by atoms with Gasteiger partial charge in [-0.05, 0) is 28.1 Å². The van der Waals surface area contributed by atoms with Gasteiger partial charge in [-0.15, -0.1) is 0 Å². The Morgan fingerprint density at radius 3 is 2.31 bits per heavy atom. The Hall–Kier alpha value is -1.42. The number of benzene rings is 2. The van der Waals surface area contributed by atoms with Gasteiger partial charge in [-0.1, -0.05) is 18.2 Å². The molecule has 0 bridgehead atoms. The summed E-state index contributed by atoms with van der Waals surface area (Å²) in [5.41, 5.74) is 0.493. The van der Waals surface area contributed by atoms with Crippen LogP contribution in [0.4, 0.5) is 8.78 Å². The number of para-hydroxylation sites is 1. The number of phenolic OH excluding ortho intramolecular Hbond substituents is 1. The van der Waals surface area contributed by atoms with E-state index in [2.05, 4.69) is 15.9 Å². The number of halogens is 3. The van der Waals surface area contributed by atoms with E-state index in [1.807, 2.05) is 0 Å². The Labute approximate surface area is 99.5 Å². The third-order valence-corrected chi connectivity index (χ3v) is 2.81. The molecule has 4 heteroatoms. The maximum Gasteiger partial charge on any atom is 0.140 e. The molecule has 0 atom stereocenters. The van der Waals surface area contributed by atoms with Crippen LogP contribution in [0, 0.1) is 11.6 Å². The van der Waals surface area contributed by atoms with Crippen LogP contribution in [0.3, 0.4) is 0 Å². The Kier molecular flexibility index (Phi) is 2.92. The molecule has 1 nitrogen and oxygen atoms in total. The van der Waals surface area contributed by atoms with Crippen LogP contribution in [0.15, 0.2) is 40.9 Å². The van der Waals surface area contributed by atoms with E-state index in [0.717, 1.165) is 6.07 Å². The Bertz CT molecular complexity index is 541. The van der Waals surface area contributed by atoms with Crippen molar-refractivity contribution < 1.29 is 13.9 Å². The first-order chi connectivity index (χ1) is 7.59. The normalized spacial score (nSPS) is 10.4. The lowest BCUT2D eigenvalue weighted by molar-refractivity contribution is 0.476. The highest BCUT2D eigenvalue weighted by Crippen LogP contribution is 2.33. The summed E-state index contributed by atoms with van der Waals surface area (Å²) in [7, 11) is 0. The average Bonchev–Trinajstić information content (AvgIpc) is 2.25. The van der Waals surface area contributed by atoms with Gasteiger partial charge in [-0.2, -0.15) is 0 Å². The topological polar surface area (TPSA) is 20.2 Å². The van der Waals surface area contributed by atoms with Gasteiger partial charge in [0.25, 0.3) is 0 Å². The zero-order valence-corrected chi connectivity index (χ0v) is 9.63. The number of phenols is 1. The van der Waals surface area contributed by atoms with Crippen molar-refractivity contribution in [1.82, 2.24) is 0 Å². The molecular formula is C12H7BrF2O. The molecule has 2 aromatic rings. The van der Waals surface area contributed by atoms with Gasteiger partial charge in [0.1, 0.15) is 17.4 Å². The lowest BCUT2D eigenvalue weighted by Crippen LogP contribution is -1.88. The fourth-order valence-corrected chi connectivity index (χ4v) is 1.77.